The quantitative estimate of drug-likeness (QED) is 0.895. The van der Waals surface area contributed by atoms with Gasteiger partial charge in [0.15, 0.2) is 5.82 Å². The fourth-order valence-corrected chi connectivity index (χ4v) is 1.81. The number of hydrogen-bond acceptors (Lipinski definition) is 3. The van der Waals surface area contributed by atoms with E-state index < -0.39 is 0 Å². The molecule has 3 nitrogen and oxygen atoms in total. The van der Waals surface area contributed by atoms with Crippen molar-refractivity contribution in [1.29, 1.82) is 0 Å². The van der Waals surface area contributed by atoms with Crippen molar-refractivity contribution in [2.24, 2.45) is 0 Å². The number of halogens is 1. The van der Waals surface area contributed by atoms with Crippen molar-refractivity contribution in [3.05, 3.63) is 41.0 Å². The van der Waals surface area contributed by atoms with Crippen LogP contribution in [-0.2, 0) is 5.41 Å². The van der Waals surface area contributed by atoms with Gasteiger partial charge in [0.2, 0.25) is 0 Å². The van der Waals surface area contributed by atoms with E-state index in [2.05, 4.69) is 36.1 Å². The first-order valence-electron chi connectivity index (χ1n) is 6.23. The van der Waals surface area contributed by atoms with Crippen LogP contribution in [0.25, 0.3) is 11.4 Å². The summed E-state index contributed by atoms with van der Waals surface area (Å²) in [4.78, 5) is 9.16. The number of hydrogen-bond donors (Lipinski definition) is 1. The Bertz CT molecular complexity index is 571. The molecule has 0 amide bonds. The lowest BCUT2D eigenvalue weighted by molar-refractivity contribution is 0.568. The molecule has 0 aliphatic heterocycles. The summed E-state index contributed by atoms with van der Waals surface area (Å²) in [5, 5.41) is 3.80. The van der Waals surface area contributed by atoms with Gasteiger partial charge in [-0.25, -0.2) is 9.97 Å². The molecular weight excluding hydrogens is 258 g/mol. The standard InChI is InChI=1S/C15H18ClN3/c1-15(2,3)12-9-13(17-4)19-14(18-12)10-5-7-11(16)8-6-10/h5-9H,1-4H3,(H,17,18,19). The van der Waals surface area contributed by atoms with Gasteiger partial charge in [0.25, 0.3) is 0 Å². The Hall–Kier alpha value is -1.61. The summed E-state index contributed by atoms with van der Waals surface area (Å²) >= 11 is 5.91. The Labute approximate surface area is 119 Å². The molecule has 2 rings (SSSR count). The van der Waals surface area contributed by atoms with Crippen LogP contribution < -0.4 is 5.32 Å². The van der Waals surface area contributed by atoms with E-state index in [1.807, 2.05) is 37.4 Å². The lowest BCUT2D eigenvalue weighted by Crippen LogP contribution is -2.15. The first-order valence-corrected chi connectivity index (χ1v) is 6.61. The summed E-state index contributed by atoms with van der Waals surface area (Å²) in [6.45, 7) is 6.42. The molecule has 0 radical (unpaired) electrons. The molecule has 0 unspecified atom stereocenters. The van der Waals surface area contributed by atoms with E-state index in [9.17, 15) is 0 Å². The maximum atomic E-state index is 5.91. The van der Waals surface area contributed by atoms with Gasteiger partial charge < -0.3 is 5.32 Å². The predicted octanol–water partition coefficient (Wildman–Crippen LogP) is 4.14. The van der Waals surface area contributed by atoms with Gasteiger partial charge in [0.1, 0.15) is 5.82 Å². The fraction of sp³-hybridized carbons (Fsp3) is 0.333. The number of anilines is 1. The van der Waals surface area contributed by atoms with Gasteiger partial charge in [-0.05, 0) is 24.3 Å². The van der Waals surface area contributed by atoms with Gasteiger partial charge in [-0.3, -0.25) is 0 Å². The van der Waals surface area contributed by atoms with Crippen molar-refractivity contribution in [2.45, 2.75) is 26.2 Å². The maximum Gasteiger partial charge on any atom is 0.161 e. The van der Waals surface area contributed by atoms with Crippen molar-refractivity contribution >= 4 is 17.4 Å². The predicted molar refractivity (Wildman–Crippen MR) is 80.7 cm³/mol. The fourth-order valence-electron chi connectivity index (χ4n) is 1.69. The highest BCUT2D eigenvalue weighted by atomic mass is 35.5. The molecule has 2 aromatic rings. The summed E-state index contributed by atoms with van der Waals surface area (Å²) < 4.78 is 0. The highest BCUT2D eigenvalue weighted by Gasteiger charge is 2.18. The molecule has 1 heterocycles. The van der Waals surface area contributed by atoms with Crippen LogP contribution >= 0.6 is 11.6 Å². The molecule has 4 heteroatoms. The van der Waals surface area contributed by atoms with Gasteiger partial charge >= 0.3 is 0 Å². The Morgan fingerprint density at radius 1 is 1.05 bits per heavy atom. The second-order valence-corrected chi connectivity index (χ2v) is 5.91. The van der Waals surface area contributed by atoms with Crippen LogP contribution in [0, 0.1) is 0 Å². The first-order chi connectivity index (χ1) is 8.90. The largest absolute Gasteiger partial charge is 0.373 e. The third-order valence-corrected chi connectivity index (χ3v) is 3.11. The number of benzene rings is 1. The highest BCUT2D eigenvalue weighted by molar-refractivity contribution is 6.30. The van der Waals surface area contributed by atoms with Crippen molar-refractivity contribution in [3.8, 4) is 11.4 Å². The number of nitrogens with zero attached hydrogens (tertiary/aromatic N) is 2. The normalized spacial score (nSPS) is 11.4. The lowest BCUT2D eigenvalue weighted by atomic mass is 9.92. The van der Waals surface area contributed by atoms with Crippen LogP contribution in [0.1, 0.15) is 26.5 Å². The Morgan fingerprint density at radius 3 is 2.21 bits per heavy atom. The first kappa shape index (κ1) is 13.8. The molecule has 1 aromatic heterocycles. The molecule has 0 bridgehead atoms. The third-order valence-electron chi connectivity index (χ3n) is 2.85. The van der Waals surface area contributed by atoms with Crippen molar-refractivity contribution < 1.29 is 0 Å². The third kappa shape index (κ3) is 3.24. The Morgan fingerprint density at radius 2 is 1.68 bits per heavy atom. The molecule has 19 heavy (non-hydrogen) atoms. The maximum absolute atomic E-state index is 5.91. The molecule has 0 spiro atoms. The van der Waals surface area contributed by atoms with Crippen molar-refractivity contribution in [1.82, 2.24) is 9.97 Å². The van der Waals surface area contributed by atoms with Gasteiger partial charge in [-0.2, -0.15) is 0 Å². The van der Waals surface area contributed by atoms with E-state index in [-0.39, 0.29) is 5.41 Å². The molecule has 0 fully saturated rings. The zero-order valence-corrected chi connectivity index (χ0v) is 12.4. The van der Waals surface area contributed by atoms with Gasteiger partial charge in [-0.1, -0.05) is 32.4 Å². The summed E-state index contributed by atoms with van der Waals surface area (Å²) in [5.74, 6) is 1.54. The van der Waals surface area contributed by atoms with E-state index in [0.717, 1.165) is 17.1 Å². The van der Waals surface area contributed by atoms with Gasteiger partial charge in [0, 0.05) is 29.1 Å². The monoisotopic (exact) mass is 275 g/mol. The van der Waals surface area contributed by atoms with Crippen LogP contribution in [0.2, 0.25) is 5.02 Å². The zero-order valence-electron chi connectivity index (χ0n) is 11.7. The molecule has 0 aliphatic rings. The molecule has 0 atom stereocenters. The summed E-state index contributed by atoms with van der Waals surface area (Å²) in [5.41, 5.74) is 1.96. The summed E-state index contributed by atoms with van der Waals surface area (Å²) in [6.07, 6.45) is 0. The highest BCUT2D eigenvalue weighted by Crippen LogP contribution is 2.26. The topological polar surface area (TPSA) is 37.8 Å². The molecule has 0 saturated carbocycles. The lowest BCUT2D eigenvalue weighted by Gasteiger charge is -2.19. The Kier molecular flexibility index (Phi) is 3.76. The smallest absolute Gasteiger partial charge is 0.161 e. The van der Waals surface area contributed by atoms with Crippen LogP contribution in [0.4, 0.5) is 5.82 Å². The molecular formula is C15H18ClN3. The second kappa shape index (κ2) is 5.17. The minimum atomic E-state index is -0.0181. The van der Waals surface area contributed by atoms with Gasteiger partial charge in [-0.15, -0.1) is 0 Å². The van der Waals surface area contributed by atoms with Crippen LogP contribution in [-0.4, -0.2) is 17.0 Å². The zero-order chi connectivity index (χ0) is 14.0. The number of nitrogens with one attached hydrogen (secondary N) is 1. The average Bonchev–Trinajstić information content (AvgIpc) is 2.38. The van der Waals surface area contributed by atoms with Crippen LogP contribution in [0.15, 0.2) is 30.3 Å². The van der Waals surface area contributed by atoms with E-state index in [0.29, 0.717) is 10.8 Å². The summed E-state index contributed by atoms with van der Waals surface area (Å²) in [7, 11) is 1.86. The molecule has 0 saturated heterocycles. The minimum Gasteiger partial charge on any atom is -0.373 e. The molecule has 0 aliphatic carbocycles. The Balaban J connectivity index is 2.54. The second-order valence-electron chi connectivity index (χ2n) is 5.47. The summed E-state index contributed by atoms with van der Waals surface area (Å²) in [6, 6.07) is 9.55. The van der Waals surface area contributed by atoms with E-state index >= 15 is 0 Å². The molecule has 1 N–H and O–H groups in total. The van der Waals surface area contributed by atoms with E-state index in [1.54, 1.807) is 0 Å². The van der Waals surface area contributed by atoms with Gasteiger partial charge in [0.05, 0.1) is 5.69 Å². The van der Waals surface area contributed by atoms with E-state index in [1.165, 1.54) is 0 Å². The van der Waals surface area contributed by atoms with E-state index in [4.69, 9.17) is 11.6 Å². The van der Waals surface area contributed by atoms with Crippen LogP contribution in [0.5, 0.6) is 0 Å². The SMILES string of the molecule is CNc1cc(C(C)(C)C)nc(-c2ccc(Cl)cc2)n1. The minimum absolute atomic E-state index is 0.0181. The molecule has 100 valence electrons. The van der Waals surface area contributed by atoms with Crippen LogP contribution in [0.3, 0.4) is 0 Å². The van der Waals surface area contributed by atoms with Crippen molar-refractivity contribution in [3.63, 3.8) is 0 Å². The van der Waals surface area contributed by atoms with Crippen molar-refractivity contribution in [2.75, 3.05) is 12.4 Å². The number of aromatic nitrogens is 2. The average molecular weight is 276 g/mol. The molecule has 1 aromatic carbocycles. The number of rotatable bonds is 2.